The van der Waals surface area contributed by atoms with Crippen LogP contribution in [-0.4, -0.2) is 19.9 Å². The number of benzene rings is 5. The van der Waals surface area contributed by atoms with E-state index in [0.717, 1.165) is 69.6 Å². The summed E-state index contributed by atoms with van der Waals surface area (Å²) in [5.74, 6) is 0.115. The molecule has 47 heavy (non-hydrogen) atoms. The molecule has 5 aromatic carbocycles. The van der Waals surface area contributed by atoms with Gasteiger partial charge in [0.1, 0.15) is 5.54 Å². The van der Waals surface area contributed by atoms with Crippen LogP contribution in [0.2, 0.25) is 0 Å². The topological polar surface area (TPSA) is 39.8 Å². The van der Waals surface area contributed by atoms with Crippen LogP contribution in [0.15, 0.2) is 152 Å². The minimum absolute atomic E-state index is 0.125. The van der Waals surface area contributed by atoms with Crippen molar-refractivity contribution < 1.29 is 4.79 Å². The van der Waals surface area contributed by atoms with Crippen molar-refractivity contribution in [1.82, 2.24) is 14.1 Å². The summed E-state index contributed by atoms with van der Waals surface area (Å²) >= 11 is 0. The van der Waals surface area contributed by atoms with E-state index in [-0.39, 0.29) is 11.7 Å². The molecule has 0 aliphatic heterocycles. The standard InChI is InChI=1S/C43H37N3O/c1-31-38(28-33-26-27-40-41(42(33)47)37-24-14-15-25-39(37)45(40)29-32-16-6-2-7-17-32)44-30-46(31)43(34-18-8-3-9-19-34,35-20-10-4-11-21-35)36-22-12-5-13-23-36/h2-25,30,33H,26-29H2,1H3. The van der Waals surface area contributed by atoms with Gasteiger partial charge in [-0.3, -0.25) is 4.79 Å². The first-order valence-electron chi connectivity index (χ1n) is 16.5. The molecule has 1 aliphatic rings. The molecule has 0 fully saturated rings. The number of ketones is 1. The van der Waals surface area contributed by atoms with E-state index in [1.807, 2.05) is 12.4 Å². The van der Waals surface area contributed by atoms with Crippen LogP contribution in [0.4, 0.5) is 0 Å². The number of para-hydroxylation sites is 1. The molecule has 0 spiro atoms. The maximum atomic E-state index is 14.4. The molecule has 0 saturated carbocycles. The van der Waals surface area contributed by atoms with E-state index in [0.29, 0.717) is 6.42 Å². The monoisotopic (exact) mass is 611 g/mol. The highest BCUT2D eigenvalue weighted by atomic mass is 16.1. The van der Waals surface area contributed by atoms with Crippen molar-refractivity contribution in [3.05, 3.63) is 197 Å². The molecule has 4 nitrogen and oxygen atoms in total. The fourth-order valence-corrected chi connectivity index (χ4v) is 7.85. The van der Waals surface area contributed by atoms with Crippen LogP contribution in [0, 0.1) is 12.8 Å². The lowest BCUT2D eigenvalue weighted by atomic mass is 9.76. The zero-order chi connectivity index (χ0) is 31.8. The van der Waals surface area contributed by atoms with E-state index in [4.69, 9.17) is 4.98 Å². The Labute approximate surface area is 276 Å². The van der Waals surface area contributed by atoms with Crippen LogP contribution in [0.3, 0.4) is 0 Å². The highest BCUT2D eigenvalue weighted by molar-refractivity contribution is 6.11. The average molecular weight is 612 g/mol. The molecule has 0 amide bonds. The summed E-state index contributed by atoms with van der Waals surface area (Å²) in [5.41, 5.74) is 9.34. The molecule has 1 unspecified atom stereocenters. The van der Waals surface area contributed by atoms with Crippen molar-refractivity contribution in [2.75, 3.05) is 0 Å². The fraction of sp³-hybridized carbons (Fsp3) is 0.163. The number of rotatable bonds is 8. The molecule has 0 radical (unpaired) electrons. The molecule has 2 heterocycles. The molecule has 2 aromatic heterocycles. The van der Waals surface area contributed by atoms with Crippen LogP contribution in [-0.2, 0) is 24.9 Å². The molecule has 8 rings (SSSR count). The summed E-state index contributed by atoms with van der Waals surface area (Å²) in [6.45, 7) is 2.93. The number of hydrogen-bond donors (Lipinski definition) is 0. The Hall–Kier alpha value is -5.48. The molecule has 1 aliphatic carbocycles. The summed E-state index contributed by atoms with van der Waals surface area (Å²) in [4.78, 5) is 19.5. The van der Waals surface area contributed by atoms with Gasteiger partial charge in [0.25, 0.3) is 0 Å². The van der Waals surface area contributed by atoms with Crippen LogP contribution in [0.25, 0.3) is 10.9 Å². The van der Waals surface area contributed by atoms with E-state index < -0.39 is 5.54 Å². The molecule has 1 atom stereocenters. The van der Waals surface area contributed by atoms with Crippen molar-refractivity contribution in [1.29, 1.82) is 0 Å². The van der Waals surface area contributed by atoms with Crippen LogP contribution in [0.1, 0.15) is 56.1 Å². The van der Waals surface area contributed by atoms with Gasteiger partial charge in [0.05, 0.1) is 12.0 Å². The Kier molecular flexibility index (Phi) is 7.41. The minimum atomic E-state index is -0.631. The molecular formula is C43H37N3O. The Bertz CT molecular complexity index is 2070. The van der Waals surface area contributed by atoms with Crippen LogP contribution >= 0.6 is 0 Å². The number of carbonyl (C=O) groups is 1. The summed E-state index contributed by atoms with van der Waals surface area (Å²) in [5, 5.41) is 1.06. The van der Waals surface area contributed by atoms with Crippen LogP contribution in [0.5, 0.6) is 0 Å². The third-order valence-electron chi connectivity index (χ3n) is 10.1. The number of aromatic nitrogens is 3. The molecule has 0 bridgehead atoms. The lowest BCUT2D eigenvalue weighted by molar-refractivity contribution is 0.0901. The second-order valence-electron chi connectivity index (χ2n) is 12.7. The first-order valence-corrected chi connectivity index (χ1v) is 16.5. The number of nitrogens with zero attached hydrogens (tertiary/aromatic N) is 3. The molecule has 4 heteroatoms. The van der Waals surface area contributed by atoms with E-state index in [9.17, 15) is 4.79 Å². The van der Waals surface area contributed by atoms with Gasteiger partial charge in [0, 0.05) is 46.7 Å². The van der Waals surface area contributed by atoms with Crippen molar-refractivity contribution in [2.24, 2.45) is 5.92 Å². The highest BCUT2D eigenvalue weighted by Crippen LogP contribution is 2.43. The van der Waals surface area contributed by atoms with Gasteiger partial charge in [-0.15, -0.1) is 0 Å². The van der Waals surface area contributed by atoms with Crippen molar-refractivity contribution in [2.45, 2.75) is 38.3 Å². The lowest BCUT2D eigenvalue weighted by Gasteiger charge is -2.38. The fourth-order valence-electron chi connectivity index (χ4n) is 7.85. The predicted octanol–water partition coefficient (Wildman–Crippen LogP) is 9.02. The number of carbonyl (C=O) groups excluding carboxylic acids is 1. The second kappa shape index (κ2) is 12.0. The molecular weight excluding hydrogens is 574 g/mol. The SMILES string of the molecule is Cc1c(CC2CCc3c(c4ccccc4n3Cc3ccccc3)C2=O)ncn1C(c1ccccc1)(c1ccccc1)c1ccccc1. The Morgan fingerprint density at radius 2 is 1.23 bits per heavy atom. The van der Waals surface area contributed by atoms with Crippen molar-refractivity contribution in [3.8, 4) is 0 Å². The maximum Gasteiger partial charge on any atom is 0.168 e. The Morgan fingerprint density at radius 3 is 1.83 bits per heavy atom. The third kappa shape index (κ3) is 4.83. The molecule has 230 valence electrons. The van der Waals surface area contributed by atoms with Gasteiger partial charge < -0.3 is 9.13 Å². The zero-order valence-electron chi connectivity index (χ0n) is 26.6. The summed E-state index contributed by atoms with van der Waals surface area (Å²) in [6.07, 6.45) is 4.28. The predicted molar refractivity (Wildman–Crippen MR) is 189 cm³/mol. The zero-order valence-corrected chi connectivity index (χ0v) is 26.6. The van der Waals surface area contributed by atoms with E-state index >= 15 is 0 Å². The Balaban J connectivity index is 1.20. The maximum absolute atomic E-state index is 14.4. The second-order valence-corrected chi connectivity index (χ2v) is 12.7. The number of Topliss-reactive ketones (excluding diaryl/α,β-unsaturated/α-hetero) is 1. The van der Waals surface area contributed by atoms with E-state index in [1.165, 1.54) is 5.56 Å². The lowest BCUT2D eigenvalue weighted by Crippen LogP contribution is -2.38. The third-order valence-corrected chi connectivity index (χ3v) is 10.1. The first kappa shape index (κ1) is 29.0. The minimum Gasteiger partial charge on any atom is -0.339 e. The van der Waals surface area contributed by atoms with Gasteiger partial charge in [0.15, 0.2) is 5.78 Å². The number of fused-ring (bicyclic) bond motifs is 3. The van der Waals surface area contributed by atoms with Gasteiger partial charge in [-0.2, -0.15) is 0 Å². The van der Waals surface area contributed by atoms with Gasteiger partial charge in [-0.1, -0.05) is 140 Å². The molecule has 7 aromatic rings. The smallest absolute Gasteiger partial charge is 0.168 e. The van der Waals surface area contributed by atoms with Crippen molar-refractivity contribution >= 4 is 16.7 Å². The van der Waals surface area contributed by atoms with Crippen LogP contribution < -0.4 is 0 Å². The van der Waals surface area contributed by atoms with E-state index in [2.05, 4.69) is 156 Å². The number of imidazole rings is 1. The normalized spacial score (nSPS) is 14.7. The largest absolute Gasteiger partial charge is 0.339 e. The Morgan fingerprint density at radius 1 is 0.702 bits per heavy atom. The number of hydrogen-bond acceptors (Lipinski definition) is 2. The first-order chi connectivity index (χ1) is 23.2. The highest BCUT2D eigenvalue weighted by Gasteiger charge is 2.40. The van der Waals surface area contributed by atoms with Crippen molar-refractivity contribution in [3.63, 3.8) is 0 Å². The quantitative estimate of drug-likeness (QED) is 0.161. The molecule has 0 N–H and O–H groups in total. The van der Waals surface area contributed by atoms with Gasteiger partial charge >= 0.3 is 0 Å². The summed E-state index contributed by atoms with van der Waals surface area (Å²) < 4.78 is 4.69. The summed E-state index contributed by atoms with van der Waals surface area (Å²) in [7, 11) is 0. The summed E-state index contributed by atoms with van der Waals surface area (Å²) in [6, 6.07) is 51.0. The van der Waals surface area contributed by atoms with Gasteiger partial charge in [0.2, 0.25) is 0 Å². The van der Waals surface area contributed by atoms with Gasteiger partial charge in [-0.25, -0.2) is 4.98 Å². The van der Waals surface area contributed by atoms with E-state index in [1.54, 1.807) is 0 Å². The van der Waals surface area contributed by atoms with Gasteiger partial charge in [-0.05, 0) is 48.1 Å². The molecule has 0 saturated heterocycles. The average Bonchev–Trinajstić information content (AvgIpc) is 3.65.